The number of carbonyl (C=O) groups excluding carboxylic acids is 1. The normalized spacial score (nSPS) is 14.9. The maximum atomic E-state index is 13.7. The molecule has 1 aromatic heterocycles. The average Bonchev–Trinajstić information content (AvgIpc) is 3.45. The molecule has 180 valence electrons. The lowest BCUT2D eigenvalue weighted by Crippen LogP contribution is -2.17. The highest BCUT2D eigenvalue weighted by Gasteiger charge is 2.29. The van der Waals surface area contributed by atoms with E-state index in [0.29, 0.717) is 29.7 Å². The van der Waals surface area contributed by atoms with Crippen LogP contribution in [0.1, 0.15) is 34.3 Å². The minimum atomic E-state index is -1.14. The summed E-state index contributed by atoms with van der Waals surface area (Å²) >= 11 is 19.0. The number of methoxy groups -OCH3 is 2. The molecule has 1 saturated heterocycles. The van der Waals surface area contributed by atoms with Gasteiger partial charge in [-0.05, 0) is 30.3 Å². The standard InChI is InChI=1S/C23H21Cl3N2O6/c1-31-17-5-3-4-13(20(17)32-2)19(30)14-10-12(24)6-7-15(14)28-22(26)21(25)27-23(28)16(29)11-18-33-8-9-34-18/h3-7,10,16,18,29H,8-9,11H2,1-2H3. The monoisotopic (exact) mass is 526 g/mol. The number of nitrogens with zero attached hydrogens (tertiary/aromatic N) is 2. The molecule has 4 rings (SSSR count). The van der Waals surface area contributed by atoms with Crippen LogP contribution in [0.25, 0.3) is 5.69 Å². The van der Waals surface area contributed by atoms with Gasteiger partial charge in [0.25, 0.3) is 0 Å². The minimum Gasteiger partial charge on any atom is -0.493 e. The number of aromatic nitrogens is 2. The average molecular weight is 528 g/mol. The largest absolute Gasteiger partial charge is 0.493 e. The summed E-state index contributed by atoms with van der Waals surface area (Å²) in [4.78, 5) is 17.9. The van der Waals surface area contributed by atoms with Crippen molar-refractivity contribution in [3.8, 4) is 17.2 Å². The Labute approximate surface area is 210 Å². The minimum absolute atomic E-state index is 0.0259. The predicted molar refractivity (Wildman–Crippen MR) is 127 cm³/mol. The van der Waals surface area contributed by atoms with Crippen LogP contribution >= 0.6 is 34.8 Å². The number of benzene rings is 2. The number of ether oxygens (including phenoxy) is 4. The molecule has 2 aromatic carbocycles. The van der Waals surface area contributed by atoms with E-state index in [2.05, 4.69) is 4.98 Å². The van der Waals surface area contributed by atoms with Crippen molar-refractivity contribution in [2.75, 3.05) is 27.4 Å². The Bertz CT molecular complexity index is 1210. The maximum Gasteiger partial charge on any atom is 0.199 e. The third-order valence-corrected chi connectivity index (χ3v) is 6.25. The fourth-order valence-corrected chi connectivity index (χ4v) is 4.33. The highest BCUT2D eigenvalue weighted by Crippen LogP contribution is 2.37. The fraction of sp³-hybridized carbons (Fsp3) is 0.304. The zero-order valence-corrected chi connectivity index (χ0v) is 20.5. The Morgan fingerprint density at radius 2 is 1.88 bits per heavy atom. The van der Waals surface area contributed by atoms with Crippen molar-refractivity contribution in [1.82, 2.24) is 9.55 Å². The summed E-state index contributed by atoms with van der Waals surface area (Å²) in [5.41, 5.74) is 0.769. The summed E-state index contributed by atoms with van der Waals surface area (Å²) in [5.74, 6) is 0.389. The van der Waals surface area contributed by atoms with E-state index in [1.54, 1.807) is 30.3 Å². The van der Waals surface area contributed by atoms with Gasteiger partial charge in [0, 0.05) is 17.0 Å². The second-order valence-corrected chi connectivity index (χ2v) is 8.49. The number of aliphatic hydroxyl groups is 1. The van der Waals surface area contributed by atoms with E-state index in [1.807, 2.05) is 0 Å². The van der Waals surface area contributed by atoms with Crippen LogP contribution < -0.4 is 9.47 Å². The third-order valence-electron chi connectivity index (χ3n) is 5.30. The molecule has 1 aliphatic rings. The Hall–Kier alpha value is -2.33. The molecule has 1 unspecified atom stereocenters. The number of rotatable bonds is 8. The first-order valence-electron chi connectivity index (χ1n) is 10.3. The zero-order valence-electron chi connectivity index (χ0n) is 18.3. The van der Waals surface area contributed by atoms with Crippen molar-refractivity contribution in [2.45, 2.75) is 18.8 Å². The highest BCUT2D eigenvalue weighted by atomic mass is 35.5. The van der Waals surface area contributed by atoms with Crippen LogP contribution in [-0.4, -0.2) is 54.2 Å². The molecule has 0 spiro atoms. The van der Waals surface area contributed by atoms with Gasteiger partial charge in [-0.25, -0.2) is 4.98 Å². The van der Waals surface area contributed by atoms with Gasteiger partial charge < -0.3 is 24.1 Å². The maximum absolute atomic E-state index is 13.7. The molecule has 0 amide bonds. The zero-order chi connectivity index (χ0) is 24.4. The van der Waals surface area contributed by atoms with E-state index in [1.165, 1.54) is 24.9 Å². The first kappa shape index (κ1) is 24.8. The summed E-state index contributed by atoms with van der Waals surface area (Å²) in [6.45, 7) is 0.872. The van der Waals surface area contributed by atoms with Gasteiger partial charge in [0.1, 0.15) is 11.9 Å². The number of ketones is 1. The number of hydrogen-bond donors (Lipinski definition) is 1. The van der Waals surface area contributed by atoms with E-state index < -0.39 is 18.2 Å². The molecular formula is C23H21Cl3N2O6. The summed E-state index contributed by atoms with van der Waals surface area (Å²) in [6.07, 6.45) is -1.63. The van der Waals surface area contributed by atoms with Crippen LogP contribution in [0.3, 0.4) is 0 Å². The van der Waals surface area contributed by atoms with Crippen LogP contribution in [0.15, 0.2) is 36.4 Å². The molecule has 1 fully saturated rings. The molecule has 1 aliphatic heterocycles. The molecule has 11 heteroatoms. The van der Waals surface area contributed by atoms with E-state index in [4.69, 9.17) is 53.8 Å². The number of halogens is 3. The highest BCUT2D eigenvalue weighted by molar-refractivity contribution is 6.41. The first-order chi connectivity index (χ1) is 16.3. The Balaban J connectivity index is 1.83. The lowest BCUT2D eigenvalue weighted by Gasteiger charge is -2.19. The molecule has 0 aliphatic carbocycles. The Kier molecular flexibility index (Phi) is 7.67. The van der Waals surface area contributed by atoms with Gasteiger partial charge in [-0.2, -0.15) is 0 Å². The Morgan fingerprint density at radius 1 is 1.15 bits per heavy atom. The lowest BCUT2D eigenvalue weighted by atomic mass is 10.00. The van der Waals surface area contributed by atoms with Crippen LogP contribution in [0.5, 0.6) is 11.5 Å². The fourth-order valence-electron chi connectivity index (χ4n) is 3.77. The van der Waals surface area contributed by atoms with Gasteiger partial charge in [-0.3, -0.25) is 9.36 Å². The first-order valence-corrected chi connectivity index (χ1v) is 11.4. The molecule has 1 atom stereocenters. The van der Waals surface area contributed by atoms with Crippen molar-refractivity contribution in [3.63, 3.8) is 0 Å². The van der Waals surface area contributed by atoms with Crippen molar-refractivity contribution >= 4 is 40.6 Å². The molecule has 0 radical (unpaired) electrons. The van der Waals surface area contributed by atoms with Crippen LogP contribution in [0.2, 0.25) is 15.3 Å². The van der Waals surface area contributed by atoms with Crippen molar-refractivity contribution in [3.05, 3.63) is 68.7 Å². The van der Waals surface area contributed by atoms with Crippen molar-refractivity contribution in [2.24, 2.45) is 0 Å². The quantitative estimate of drug-likeness (QED) is 0.418. The molecule has 34 heavy (non-hydrogen) atoms. The number of carbonyl (C=O) groups is 1. The molecule has 8 nitrogen and oxygen atoms in total. The summed E-state index contributed by atoms with van der Waals surface area (Å²) < 4.78 is 23.0. The number of aliphatic hydroxyl groups excluding tert-OH is 1. The number of para-hydroxylation sites is 1. The van der Waals surface area contributed by atoms with E-state index in [-0.39, 0.29) is 39.4 Å². The van der Waals surface area contributed by atoms with Gasteiger partial charge >= 0.3 is 0 Å². The smallest absolute Gasteiger partial charge is 0.199 e. The molecule has 0 bridgehead atoms. The predicted octanol–water partition coefficient (Wildman–Crippen LogP) is 4.88. The van der Waals surface area contributed by atoms with Gasteiger partial charge in [-0.1, -0.05) is 40.9 Å². The SMILES string of the molecule is COc1cccc(C(=O)c2cc(Cl)ccc2-n2c(C(O)CC3OCCO3)nc(Cl)c2Cl)c1OC. The topological polar surface area (TPSA) is 92.0 Å². The molecule has 2 heterocycles. The van der Waals surface area contributed by atoms with Crippen LogP contribution in [0, 0.1) is 0 Å². The second-order valence-electron chi connectivity index (χ2n) is 7.34. The number of hydrogen-bond acceptors (Lipinski definition) is 7. The summed E-state index contributed by atoms with van der Waals surface area (Å²) in [7, 11) is 2.93. The van der Waals surface area contributed by atoms with E-state index >= 15 is 0 Å². The molecule has 3 aromatic rings. The van der Waals surface area contributed by atoms with Crippen molar-refractivity contribution in [1.29, 1.82) is 0 Å². The molecular weight excluding hydrogens is 507 g/mol. The van der Waals surface area contributed by atoms with E-state index in [0.717, 1.165) is 0 Å². The van der Waals surface area contributed by atoms with Crippen molar-refractivity contribution < 1.29 is 28.8 Å². The van der Waals surface area contributed by atoms with Gasteiger partial charge in [-0.15, -0.1) is 0 Å². The summed E-state index contributed by atoms with van der Waals surface area (Å²) in [5, 5.41) is 11.2. The molecule has 0 saturated carbocycles. The van der Waals surface area contributed by atoms with Gasteiger partial charge in [0.15, 0.2) is 33.9 Å². The van der Waals surface area contributed by atoms with Gasteiger partial charge in [0.2, 0.25) is 0 Å². The molecule has 1 N–H and O–H groups in total. The second kappa shape index (κ2) is 10.5. The van der Waals surface area contributed by atoms with Crippen LogP contribution in [0.4, 0.5) is 0 Å². The third kappa shape index (κ3) is 4.75. The number of imidazole rings is 1. The Morgan fingerprint density at radius 3 is 2.56 bits per heavy atom. The van der Waals surface area contributed by atoms with Gasteiger partial charge in [0.05, 0.1) is 38.7 Å². The van der Waals surface area contributed by atoms with Crippen LogP contribution in [-0.2, 0) is 9.47 Å². The lowest BCUT2D eigenvalue weighted by molar-refractivity contribution is -0.0722. The summed E-state index contributed by atoms with van der Waals surface area (Å²) in [6, 6.07) is 9.67. The van der Waals surface area contributed by atoms with E-state index in [9.17, 15) is 9.90 Å².